The molecule has 4 aromatic carbocycles. The number of ether oxygens (including phenoxy) is 6. The second-order valence-electron chi connectivity index (χ2n) is 13.1. The quantitative estimate of drug-likeness (QED) is 0.0357. The number of rotatable bonds is 24. The Bertz CT molecular complexity index is 1630. The fourth-order valence-corrected chi connectivity index (χ4v) is 8.92. The van der Waals surface area contributed by atoms with E-state index in [0.29, 0.717) is 39.6 Å². The van der Waals surface area contributed by atoms with E-state index in [1.165, 1.54) is 30.1 Å². The number of unbranched alkanes of at least 4 members (excludes halogenated alkanes) is 6. The van der Waals surface area contributed by atoms with Crippen LogP contribution in [-0.4, -0.2) is 54.1 Å². The molecule has 5 aromatic rings. The van der Waals surface area contributed by atoms with E-state index in [0.717, 1.165) is 122 Å². The van der Waals surface area contributed by atoms with E-state index >= 15 is 0 Å². The van der Waals surface area contributed by atoms with Gasteiger partial charge in [-0.3, -0.25) is 0 Å². The molecule has 5 rings (SSSR count). The zero-order valence-corrected chi connectivity index (χ0v) is 32.6. The fourth-order valence-electron chi connectivity index (χ4n) is 6.11. The third-order valence-electron chi connectivity index (χ3n) is 9.03. The molecule has 0 unspecified atom stereocenters. The van der Waals surface area contributed by atoms with Crippen LogP contribution >= 0.6 is 0 Å². The van der Waals surface area contributed by atoms with Crippen molar-refractivity contribution in [3.8, 4) is 34.5 Å². The number of benzene rings is 4. The Balaban J connectivity index is 1.87. The molecule has 0 fully saturated rings. The van der Waals surface area contributed by atoms with Crippen molar-refractivity contribution >= 4 is 55.3 Å². The van der Waals surface area contributed by atoms with Gasteiger partial charge in [-0.25, -0.2) is 0 Å². The summed E-state index contributed by atoms with van der Waals surface area (Å²) in [4.78, 5) is 0. The van der Waals surface area contributed by atoms with Crippen LogP contribution in [0.3, 0.4) is 0 Å². The summed E-state index contributed by atoms with van der Waals surface area (Å²) in [5.41, 5.74) is 0. The first-order chi connectivity index (χ1) is 24.1. The van der Waals surface area contributed by atoms with Gasteiger partial charge in [0.15, 0.2) is 0 Å². The van der Waals surface area contributed by atoms with Gasteiger partial charge in [-0.05, 0) is 0 Å². The number of hydrogen-bond acceptors (Lipinski definition) is 6. The molecule has 0 radical (unpaired) electrons. The summed E-state index contributed by atoms with van der Waals surface area (Å²) >= 11 is -0.0749. The van der Waals surface area contributed by atoms with Crippen LogP contribution in [0.15, 0.2) is 24.3 Å². The molecule has 0 amide bonds. The molecule has 268 valence electrons. The topological polar surface area (TPSA) is 55.4 Å². The van der Waals surface area contributed by atoms with Crippen molar-refractivity contribution in [3.05, 3.63) is 24.3 Å². The normalized spacial score (nSPS) is 11.7. The van der Waals surface area contributed by atoms with Crippen LogP contribution in [0.25, 0.3) is 40.8 Å². The van der Waals surface area contributed by atoms with Gasteiger partial charge in [0.1, 0.15) is 0 Å². The SMILES string of the molecule is CCCCOc1cc2c(cc1OCCCC)c1cc(OCCCC)c(OCCCC)c3[se]c4c(OCCCC)c(OCCCC)cc2c4c31. The van der Waals surface area contributed by atoms with Gasteiger partial charge >= 0.3 is 301 Å². The average Bonchev–Trinajstić information content (AvgIpc) is 3.51. The molecule has 6 nitrogen and oxygen atoms in total. The van der Waals surface area contributed by atoms with Gasteiger partial charge in [0.2, 0.25) is 0 Å². The molecule has 0 spiro atoms. The zero-order chi connectivity index (χ0) is 34.6. The van der Waals surface area contributed by atoms with Crippen molar-refractivity contribution in [2.45, 2.75) is 119 Å². The monoisotopic (exact) mass is 738 g/mol. The van der Waals surface area contributed by atoms with E-state index in [4.69, 9.17) is 28.4 Å². The standard InChI is InChI=1S/C42H58O6Se/c1-7-13-19-43-33-25-29-30(26-34(33)44-20-14-8-2)32-28-36(46-22-16-10-4)40(48-24-18-12-6)42-38(32)37-31(29)27-35(45-21-15-9-3)39(41(37)49-42)47-23-17-11-5/h25-28H,7-24H2,1-6H3. The molecular formula is C42H58O6Se. The summed E-state index contributed by atoms with van der Waals surface area (Å²) in [6.45, 7) is 17.2. The maximum absolute atomic E-state index is 6.67. The molecule has 7 heteroatoms. The van der Waals surface area contributed by atoms with Crippen LogP contribution in [0.5, 0.6) is 34.5 Å². The van der Waals surface area contributed by atoms with Crippen LogP contribution in [0.1, 0.15) is 119 Å². The minimum atomic E-state index is -0.0749. The summed E-state index contributed by atoms with van der Waals surface area (Å²) in [6.07, 6.45) is 12.4. The molecule has 0 N–H and O–H groups in total. The van der Waals surface area contributed by atoms with Crippen molar-refractivity contribution in [1.82, 2.24) is 0 Å². The second-order valence-corrected chi connectivity index (χ2v) is 15.2. The van der Waals surface area contributed by atoms with E-state index in [-0.39, 0.29) is 14.5 Å². The predicted octanol–water partition coefficient (Wildman–Crippen LogP) is 11.9. The van der Waals surface area contributed by atoms with Gasteiger partial charge in [0.05, 0.1) is 0 Å². The average molecular weight is 738 g/mol. The van der Waals surface area contributed by atoms with Gasteiger partial charge in [-0.15, -0.1) is 0 Å². The van der Waals surface area contributed by atoms with E-state index in [1.807, 2.05) is 0 Å². The predicted molar refractivity (Wildman–Crippen MR) is 207 cm³/mol. The molecule has 0 saturated heterocycles. The van der Waals surface area contributed by atoms with Gasteiger partial charge in [-0.2, -0.15) is 0 Å². The summed E-state index contributed by atoms with van der Waals surface area (Å²) in [5, 5.41) is 7.14. The molecule has 0 bridgehead atoms. The Labute approximate surface area is 299 Å². The Kier molecular flexibility index (Phi) is 14.3. The molecule has 49 heavy (non-hydrogen) atoms. The molecule has 0 atom stereocenters. The third kappa shape index (κ3) is 8.48. The first-order valence-electron chi connectivity index (χ1n) is 19.2. The van der Waals surface area contributed by atoms with Crippen molar-refractivity contribution in [2.24, 2.45) is 0 Å². The minimum absolute atomic E-state index is 0.0749. The zero-order valence-electron chi connectivity index (χ0n) is 30.9. The Hall–Kier alpha value is -3.02. The first kappa shape index (κ1) is 37.2. The maximum atomic E-state index is 6.67. The van der Waals surface area contributed by atoms with E-state index < -0.39 is 0 Å². The summed E-state index contributed by atoms with van der Waals surface area (Å²) < 4.78 is 41.9. The van der Waals surface area contributed by atoms with Crippen molar-refractivity contribution < 1.29 is 28.4 Å². The van der Waals surface area contributed by atoms with Crippen molar-refractivity contribution in [3.63, 3.8) is 0 Å². The molecular weight excluding hydrogens is 679 g/mol. The number of fused-ring (bicyclic) bond motifs is 3. The van der Waals surface area contributed by atoms with Crippen molar-refractivity contribution in [1.29, 1.82) is 0 Å². The van der Waals surface area contributed by atoms with Gasteiger partial charge in [0, 0.05) is 0 Å². The fraction of sp³-hybridized carbons (Fsp3) is 0.571. The van der Waals surface area contributed by atoms with Gasteiger partial charge < -0.3 is 0 Å². The molecule has 0 aliphatic rings. The summed E-state index contributed by atoms with van der Waals surface area (Å²) in [6, 6.07) is 8.90. The summed E-state index contributed by atoms with van der Waals surface area (Å²) in [5.74, 6) is 5.10. The number of hydrogen-bond donors (Lipinski definition) is 0. The molecule has 1 heterocycles. The third-order valence-corrected chi connectivity index (χ3v) is 11.5. The van der Waals surface area contributed by atoms with Crippen molar-refractivity contribution in [2.75, 3.05) is 39.6 Å². The van der Waals surface area contributed by atoms with Gasteiger partial charge in [-0.1, -0.05) is 0 Å². The van der Waals surface area contributed by atoms with Crippen LogP contribution in [-0.2, 0) is 0 Å². The molecule has 1 aromatic heterocycles. The summed E-state index contributed by atoms with van der Waals surface area (Å²) in [7, 11) is 0. The van der Waals surface area contributed by atoms with E-state index in [1.54, 1.807) is 0 Å². The van der Waals surface area contributed by atoms with Crippen LogP contribution in [0.4, 0.5) is 0 Å². The Morgan fingerprint density at radius 1 is 0.367 bits per heavy atom. The van der Waals surface area contributed by atoms with E-state index in [2.05, 4.69) is 65.8 Å². The first-order valence-corrected chi connectivity index (χ1v) is 20.9. The van der Waals surface area contributed by atoms with Crippen LogP contribution in [0.2, 0.25) is 0 Å². The second kappa shape index (κ2) is 18.8. The van der Waals surface area contributed by atoms with E-state index in [9.17, 15) is 0 Å². The Morgan fingerprint density at radius 2 is 0.653 bits per heavy atom. The molecule has 0 saturated carbocycles. The molecule has 0 aliphatic heterocycles. The van der Waals surface area contributed by atoms with Crippen LogP contribution in [0, 0.1) is 0 Å². The van der Waals surface area contributed by atoms with Gasteiger partial charge in [0.25, 0.3) is 0 Å². The molecule has 0 aliphatic carbocycles. The van der Waals surface area contributed by atoms with Crippen LogP contribution < -0.4 is 28.4 Å². The Morgan fingerprint density at radius 3 is 0.980 bits per heavy atom.